The van der Waals surface area contributed by atoms with Gasteiger partial charge in [0.05, 0.1) is 13.0 Å². The van der Waals surface area contributed by atoms with Crippen LogP contribution in [0.5, 0.6) is 0 Å². The number of amides is 1. The topological polar surface area (TPSA) is 38.3 Å². The maximum absolute atomic E-state index is 11.4. The molecule has 76 valence electrons. The van der Waals surface area contributed by atoms with Crippen molar-refractivity contribution in [3.63, 3.8) is 0 Å². The van der Waals surface area contributed by atoms with E-state index in [1.54, 1.807) is 19.1 Å². The Hall–Kier alpha value is -1.06. The number of halogens is 1. The van der Waals surface area contributed by atoms with Crippen molar-refractivity contribution in [2.45, 2.75) is 12.8 Å². The Balaban J connectivity index is 2.73. The third-order valence-corrected chi connectivity index (χ3v) is 2.22. The summed E-state index contributed by atoms with van der Waals surface area (Å²) in [5, 5.41) is 0.660. The number of hydrogen-bond donors (Lipinski definition) is 1. The fourth-order valence-corrected chi connectivity index (χ4v) is 1.22. The summed E-state index contributed by atoms with van der Waals surface area (Å²) in [6.45, 7) is 1.80. The molecular weight excluding hydrogens is 202 g/mol. The van der Waals surface area contributed by atoms with Gasteiger partial charge in [-0.15, -0.1) is 0 Å². The average molecular weight is 214 g/mol. The molecule has 0 aliphatic carbocycles. The van der Waals surface area contributed by atoms with E-state index in [-0.39, 0.29) is 11.8 Å². The number of carbonyl (C=O) groups is 1. The molecule has 0 bridgehead atoms. The SMILES string of the molecule is CONC(=O)C(C)c1ccc(Cl)cc1. The summed E-state index contributed by atoms with van der Waals surface area (Å²) in [4.78, 5) is 15.9. The summed E-state index contributed by atoms with van der Waals surface area (Å²) < 4.78 is 0. The van der Waals surface area contributed by atoms with Gasteiger partial charge in [0, 0.05) is 5.02 Å². The number of rotatable bonds is 3. The lowest BCUT2D eigenvalue weighted by Crippen LogP contribution is -2.26. The number of benzene rings is 1. The van der Waals surface area contributed by atoms with Gasteiger partial charge >= 0.3 is 0 Å². The molecule has 1 rings (SSSR count). The van der Waals surface area contributed by atoms with Crippen molar-refractivity contribution < 1.29 is 9.63 Å². The van der Waals surface area contributed by atoms with Crippen molar-refractivity contribution in [3.8, 4) is 0 Å². The molecule has 0 radical (unpaired) electrons. The molecule has 14 heavy (non-hydrogen) atoms. The van der Waals surface area contributed by atoms with Crippen LogP contribution >= 0.6 is 11.6 Å². The Morgan fingerprint density at radius 1 is 1.43 bits per heavy atom. The minimum Gasteiger partial charge on any atom is -0.277 e. The molecule has 0 fully saturated rings. The first-order valence-electron chi connectivity index (χ1n) is 4.23. The number of hydroxylamine groups is 1. The maximum Gasteiger partial charge on any atom is 0.250 e. The molecule has 0 aromatic heterocycles. The lowest BCUT2D eigenvalue weighted by molar-refractivity contribution is -0.132. The van der Waals surface area contributed by atoms with Crippen molar-refractivity contribution in [3.05, 3.63) is 34.9 Å². The van der Waals surface area contributed by atoms with Crippen molar-refractivity contribution in [2.75, 3.05) is 7.11 Å². The van der Waals surface area contributed by atoms with E-state index >= 15 is 0 Å². The van der Waals surface area contributed by atoms with E-state index in [1.165, 1.54) is 7.11 Å². The molecule has 1 unspecified atom stereocenters. The van der Waals surface area contributed by atoms with E-state index in [4.69, 9.17) is 11.6 Å². The van der Waals surface area contributed by atoms with Gasteiger partial charge < -0.3 is 0 Å². The van der Waals surface area contributed by atoms with Crippen LogP contribution in [0.3, 0.4) is 0 Å². The van der Waals surface area contributed by atoms with Gasteiger partial charge in [0.25, 0.3) is 5.91 Å². The Morgan fingerprint density at radius 2 is 2.00 bits per heavy atom. The maximum atomic E-state index is 11.4. The van der Waals surface area contributed by atoms with Crippen molar-refractivity contribution in [2.24, 2.45) is 0 Å². The second-order valence-corrected chi connectivity index (χ2v) is 3.38. The predicted octanol–water partition coefficient (Wildman–Crippen LogP) is 2.12. The predicted molar refractivity (Wildman–Crippen MR) is 55.0 cm³/mol. The molecule has 1 N–H and O–H groups in total. The van der Waals surface area contributed by atoms with Crippen LogP contribution in [0.4, 0.5) is 0 Å². The third kappa shape index (κ3) is 2.72. The lowest BCUT2D eigenvalue weighted by atomic mass is 10.0. The fraction of sp³-hybridized carbons (Fsp3) is 0.300. The highest BCUT2D eigenvalue weighted by atomic mass is 35.5. The van der Waals surface area contributed by atoms with Gasteiger partial charge in [-0.2, -0.15) is 0 Å². The molecule has 0 spiro atoms. The number of hydrogen-bond acceptors (Lipinski definition) is 2. The van der Waals surface area contributed by atoms with E-state index in [9.17, 15) is 4.79 Å². The van der Waals surface area contributed by atoms with Gasteiger partial charge in [-0.3, -0.25) is 9.63 Å². The summed E-state index contributed by atoms with van der Waals surface area (Å²) in [6.07, 6.45) is 0. The molecule has 4 heteroatoms. The second-order valence-electron chi connectivity index (χ2n) is 2.94. The zero-order chi connectivity index (χ0) is 10.6. The summed E-state index contributed by atoms with van der Waals surface area (Å²) in [7, 11) is 1.41. The largest absolute Gasteiger partial charge is 0.277 e. The standard InChI is InChI=1S/C10H12ClNO2/c1-7(10(13)12-14-2)8-3-5-9(11)6-4-8/h3-7H,1-2H3,(H,12,13). The smallest absolute Gasteiger partial charge is 0.250 e. The van der Waals surface area contributed by atoms with Gasteiger partial charge in [-0.05, 0) is 24.6 Å². The van der Waals surface area contributed by atoms with Crippen molar-refractivity contribution in [1.29, 1.82) is 0 Å². The normalized spacial score (nSPS) is 12.2. The van der Waals surface area contributed by atoms with Crippen molar-refractivity contribution >= 4 is 17.5 Å². The van der Waals surface area contributed by atoms with Gasteiger partial charge in [0.1, 0.15) is 0 Å². The lowest BCUT2D eigenvalue weighted by Gasteiger charge is -2.10. The summed E-state index contributed by atoms with van der Waals surface area (Å²) >= 11 is 5.73. The highest BCUT2D eigenvalue weighted by Crippen LogP contribution is 2.17. The summed E-state index contributed by atoms with van der Waals surface area (Å²) in [5.74, 6) is -0.415. The highest BCUT2D eigenvalue weighted by Gasteiger charge is 2.14. The first kappa shape index (κ1) is 11.0. The van der Waals surface area contributed by atoms with Crippen LogP contribution in [-0.2, 0) is 9.63 Å². The Kier molecular flexibility index (Phi) is 3.92. The summed E-state index contributed by atoms with van der Waals surface area (Å²) in [6, 6.07) is 7.16. The van der Waals surface area contributed by atoms with Crippen LogP contribution in [0.25, 0.3) is 0 Å². The molecule has 0 aliphatic rings. The molecule has 0 saturated heterocycles. The van der Waals surface area contributed by atoms with Gasteiger partial charge in [-0.25, -0.2) is 5.48 Å². The molecule has 1 amide bonds. The molecule has 0 saturated carbocycles. The summed E-state index contributed by atoms with van der Waals surface area (Å²) in [5.41, 5.74) is 3.19. The van der Waals surface area contributed by atoms with Crippen LogP contribution in [0.2, 0.25) is 5.02 Å². The average Bonchev–Trinajstić information content (AvgIpc) is 2.18. The molecule has 1 aromatic rings. The van der Waals surface area contributed by atoms with Crippen molar-refractivity contribution in [1.82, 2.24) is 5.48 Å². The van der Waals surface area contributed by atoms with Crippen LogP contribution in [0.1, 0.15) is 18.4 Å². The quantitative estimate of drug-likeness (QED) is 0.782. The van der Waals surface area contributed by atoms with Crippen LogP contribution in [0.15, 0.2) is 24.3 Å². The zero-order valence-electron chi connectivity index (χ0n) is 8.08. The van der Waals surface area contributed by atoms with Gasteiger partial charge in [-0.1, -0.05) is 23.7 Å². The third-order valence-electron chi connectivity index (χ3n) is 1.97. The Bertz CT molecular complexity index is 310. The van der Waals surface area contributed by atoms with E-state index in [1.807, 2.05) is 12.1 Å². The molecule has 1 aromatic carbocycles. The van der Waals surface area contributed by atoms with E-state index in [0.29, 0.717) is 5.02 Å². The van der Waals surface area contributed by atoms with E-state index < -0.39 is 0 Å². The molecule has 1 atom stereocenters. The molecule has 0 heterocycles. The first-order chi connectivity index (χ1) is 6.65. The first-order valence-corrected chi connectivity index (χ1v) is 4.61. The minimum atomic E-state index is -0.243. The fourth-order valence-electron chi connectivity index (χ4n) is 1.09. The zero-order valence-corrected chi connectivity index (χ0v) is 8.84. The second kappa shape index (κ2) is 4.98. The Morgan fingerprint density at radius 3 is 2.50 bits per heavy atom. The van der Waals surface area contributed by atoms with E-state index in [0.717, 1.165) is 5.56 Å². The monoisotopic (exact) mass is 213 g/mol. The minimum absolute atomic E-state index is 0.171. The van der Waals surface area contributed by atoms with Crippen LogP contribution < -0.4 is 5.48 Å². The number of carbonyl (C=O) groups excluding carboxylic acids is 1. The molecular formula is C10H12ClNO2. The highest BCUT2D eigenvalue weighted by molar-refractivity contribution is 6.30. The van der Waals surface area contributed by atoms with E-state index in [2.05, 4.69) is 10.3 Å². The van der Waals surface area contributed by atoms with Crippen LogP contribution in [-0.4, -0.2) is 13.0 Å². The Labute approximate surface area is 88.0 Å². The van der Waals surface area contributed by atoms with Gasteiger partial charge in [0.15, 0.2) is 0 Å². The van der Waals surface area contributed by atoms with Gasteiger partial charge in [0.2, 0.25) is 0 Å². The molecule has 0 aliphatic heterocycles. The molecule has 3 nitrogen and oxygen atoms in total. The van der Waals surface area contributed by atoms with Crippen LogP contribution in [0, 0.1) is 0 Å². The number of nitrogens with one attached hydrogen (secondary N) is 1.